The van der Waals surface area contributed by atoms with Crippen LogP contribution in [0.1, 0.15) is 70.3 Å². The Kier molecular flexibility index (Phi) is 10.9. The molecule has 51 heavy (non-hydrogen) atoms. The lowest BCUT2D eigenvalue weighted by Crippen LogP contribution is -2.35. The van der Waals surface area contributed by atoms with Crippen LogP contribution in [0, 0.1) is 0 Å². The molecule has 2 saturated heterocycles. The summed E-state index contributed by atoms with van der Waals surface area (Å²) in [7, 11) is 0. The Labute approximate surface area is 294 Å². The maximum Gasteiger partial charge on any atom is 0.416 e. The van der Waals surface area contributed by atoms with Gasteiger partial charge in [-0.1, -0.05) is 18.2 Å². The molecule has 0 spiro atoms. The predicted octanol–water partition coefficient (Wildman–Crippen LogP) is 6.05. The molecule has 2 aromatic carbocycles. The molecule has 266 valence electrons. The zero-order valence-electron chi connectivity index (χ0n) is 28.3. The molecule has 4 heterocycles. The zero-order chi connectivity index (χ0) is 36.0. The van der Waals surface area contributed by atoms with E-state index in [1.807, 2.05) is 24.3 Å². The Balaban J connectivity index is 1.21. The van der Waals surface area contributed by atoms with Crippen molar-refractivity contribution in [1.82, 2.24) is 25.5 Å². The Morgan fingerprint density at radius 2 is 1.71 bits per heavy atom. The third-order valence-corrected chi connectivity index (χ3v) is 9.08. The number of hydrogen-bond acceptors (Lipinski definition) is 7. The first kappa shape index (κ1) is 35.5. The highest BCUT2D eigenvalue weighted by molar-refractivity contribution is 6.05. The first-order chi connectivity index (χ1) is 24.5. The van der Waals surface area contributed by atoms with Gasteiger partial charge in [0, 0.05) is 75.2 Å². The van der Waals surface area contributed by atoms with E-state index in [1.54, 1.807) is 18.2 Å². The van der Waals surface area contributed by atoms with Crippen LogP contribution in [0.5, 0.6) is 0 Å². The number of benzene rings is 2. The second-order valence-corrected chi connectivity index (χ2v) is 13.0. The number of halogens is 3. The van der Waals surface area contributed by atoms with Gasteiger partial charge in [-0.3, -0.25) is 24.3 Å². The van der Waals surface area contributed by atoms with Crippen LogP contribution in [0.3, 0.4) is 0 Å². The van der Waals surface area contributed by atoms with Gasteiger partial charge in [-0.2, -0.15) is 13.2 Å². The van der Waals surface area contributed by atoms with Crippen LogP contribution in [0.4, 0.5) is 24.5 Å². The molecule has 2 aliphatic heterocycles. The number of pyridine rings is 2. The van der Waals surface area contributed by atoms with Crippen molar-refractivity contribution >= 4 is 29.1 Å². The van der Waals surface area contributed by atoms with Gasteiger partial charge in [-0.15, -0.1) is 0 Å². The zero-order valence-corrected chi connectivity index (χ0v) is 28.3. The molecule has 0 saturated carbocycles. The van der Waals surface area contributed by atoms with Crippen LogP contribution in [0.15, 0.2) is 79.0 Å². The molecule has 10 nitrogen and oxygen atoms in total. The lowest BCUT2D eigenvalue weighted by Gasteiger charge is -2.29. The number of carbonyl (C=O) groups is 3. The van der Waals surface area contributed by atoms with Crippen molar-refractivity contribution in [3.8, 4) is 11.3 Å². The van der Waals surface area contributed by atoms with Crippen molar-refractivity contribution in [3.05, 3.63) is 107 Å². The van der Waals surface area contributed by atoms with Gasteiger partial charge in [-0.05, 0) is 85.8 Å². The summed E-state index contributed by atoms with van der Waals surface area (Å²) in [5.74, 6) is -0.936. The third-order valence-electron chi connectivity index (χ3n) is 9.08. The fourth-order valence-electron chi connectivity index (χ4n) is 6.55. The fraction of sp³-hybridized carbons (Fsp3) is 0.342. The minimum absolute atomic E-state index is 0.0544. The number of nitrogens with zero attached hydrogens (tertiary/aromatic N) is 4. The summed E-state index contributed by atoms with van der Waals surface area (Å²) in [5.41, 5.74) is 3.28. The summed E-state index contributed by atoms with van der Waals surface area (Å²) in [4.78, 5) is 51.9. The highest BCUT2D eigenvalue weighted by Gasteiger charge is 2.30. The second-order valence-electron chi connectivity index (χ2n) is 13.0. The van der Waals surface area contributed by atoms with E-state index in [0.717, 1.165) is 68.8 Å². The van der Waals surface area contributed by atoms with E-state index in [1.165, 1.54) is 31.3 Å². The summed E-state index contributed by atoms with van der Waals surface area (Å²) in [5, 5.41) is 8.66. The van der Waals surface area contributed by atoms with Gasteiger partial charge in [0.25, 0.3) is 11.8 Å². The largest absolute Gasteiger partial charge is 0.416 e. The first-order valence-corrected chi connectivity index (χ1v) is 17.1. The van der Waals surface area contributed by atoms with Gasteiger partial charge in [0.15, 0.2) is 0 Å². The predicted molar refractivity (Wildman–Crippen MR) is 188 cm³/mol. The summed E-state index contributed by atoms with van der Waals surface area (Å²) < 4.78 is 39.6. The summed E-state index contributed by atoms with van der Waals surface area (Å²) in [6.07, 6.45) is 1.16. The van der Waals surface area contributed by atoms with Gasteiger partial charge in [0.1, 0.15) is 5.69 Å². The van der Waals surface area contributed by atoms with Crippen LogP contribution in [-0.2, 0) is 24.1 Å². The van der Waals surface area contributed by atoms with Crippen molar-refractivity contribution in [2.45, 2.75) is 57.9 Å². The van der Waals surface area contributed by atoms with Gasteiger partial charge in [0.2, 0.25) is 5.91 Å². The lowest BCUT2D eigenvalue weighted by atomic mass is 10.0. The molecule has 6 rings (SSSR count). The Morgan fingerprint density at radius 1 is 0.902 bits per heavy atom. The highest BCUT2D eigenvalue weighted by Crippen LogP contribution is 2.33. The van der Waals surface area contributed by atoms with E-state index in [2.05, 4.69) is 35.7 Å². The molecular weight excluding hydrogens is 659 g/mol. The number of amides is 3. The number of rotatable bonds is 10. The van der Waals surface area contributed by atoms with Crippen LogP contribution in [-0.4, -0.2) is 64.8 Å². The van der Waals surface area contributed by atoms with E-state index in [0.29, 0.717) is 35.6 Å². The average molecular weight is 700 g/mol. The Hall–Kier alpha value is -5.30. The molecule has 1 unspecified atom stereocenters. The quantitative estimate of drug-likeness (QED) is 0.185. The molecule has 2 fully saturated rings. The van der Waals surface area contributed by atoms with Crippen molar-refractivity contribution in [1.29, 1.82) is 0 Å². The SMILES string of the molecule is CC(=O)NC1CCN(Cc2cccc(C(=O)Nc3ccc(N4CCCCC4)cc3-c3cc(C(=O)NCc4cccc(C(F)(F)F)c4)ccn3)n2)C1. The summed E-state index contributed by atoms with van der Waals surface area (Å²) in [6.45, 7) is 5.28. The molecule has 3 amide bonds. The maximum absolute atomic E-state index is 13.6. The molecule has 4 aromatic rings. The minimum Gasteiger partial charge on any atom is -0.372 e. The van der Waals surface area contributed by atoms with Crippen LogP contribution in [0.2, 0.25) is 0 Å². The smallest absolute Gasteiger partial charge is 0.372 e. The number of carbonyl (C=O) groups excluding carboxylic acids is 3. The molecule has 2 aliphatic rings. The number of aromatic nitrogens is 2. The van der Waals surface area contributed by atoms with Crippen molar-refractivity contribution in [3.63, 3.8) is 0 Å². The van der Waals surface area contributed by atoms with Gasteiger partial charge in [-0.25, -0.2) is 4.98 Å². The summed E-state index contributed by atoms with van der Waals surface area (Å²) >= 11 is 0. The average Bonchev–Trinajstić information content (AvgIpc) is 3.56. The third kappa shape index (κ3) is 9.28. The van der Waals surface area contributed by atoms with Crippen LogP contribution < -0.4 is 20.9 Å². The maximum atomic E-state index is 13.6. The molecule has 2 aromatic heterocycles. The Morgan fingerprint density at radius 3 is 2.49 bits per heavy atom. The first-order valence-electron chi connectivity index (χ1n) is 17.1. The molecule has 0 bridgehead atoms. The second kappa shape index (κ2) is 15.7. The highest BCUT2D eigenvalue weighted by atomic mass is 19.4. The standard InChI is InChI=1S/C38H40F3N7O3/c1-25(49)44-30-14-18-47(24-30)23-29-9-6-10-34(45-29)37(51)46-33-12-11-31(48-16-3-2-4-17-48)21-32(33)35-20-27(13-15-42-35)36(50)43-22-26-7-5-8-28(19-26)38(39,40)41/h5-13,15,19-21,30H,2-4,14,16-18,22-24H2,1H3,(H,43,50)(H,44,49)(H,46,51). The van der Waals surface area contributed by atoms with Gasteiger partial charge < -0.3 is 20.9 Å². The van der Waals surface area contributed by atoms with Gasteiger partial charge >= 0.3 is 6.18 Å². The van der Waals surface area contributed by atoms with E-state index in [-0.39, 0.29) is 29.8 Å². The number of alkyl halides is 3. The number of likely N-dealkylation sites (tertiary alicyclic amines) is 1. The van der Waals surface area contributed by atoms with E-state index >= 15 is 0 Å². The van der Waals surface area contributed by atoms with E-state index in [4.69, 9.17) is 0 Å². The number of hydrogen-bond donors (Lipinski definition) is 3. The molecular formula is C38H40F3N7O3. The minimum atomic E-state index is -4.48. The summed E-state index contributed by atoms with van der Waals surface area (Å²) in [6, 6.07) is 19.1. The molecule has 13 heteroatoms. The van der Waals surface area contributed by atoms with E-state index in [9.17, 15) is 27.6 Å². The van der Waals surface area contributed by atoms with Crippen molar-refractivity contribution < 1.29 is 27.6 Å². The van der Waals surface area contributed by atoms with Crippen molar-refractivity contribution in [2.24, 2.45) is 0 Å². The number of anilines is 2. The van der Waals surface area contributed by atoms with Crippen molar-refractivity contribution in [2.75, 3.05) is 36.4 Å². The molecule has 1 atom stereocenters. The molecule has 0 aliphatic carbocycles. The molecule has 3 N–H and O–H groups in total. The normalized spacial score (nSPS) is 16.5. The monoisotopic (exact) mass is 699 g/mol. The van der Waals surface area contributed by atoms with Crippen LogP contribution in [0.25, 0.3) is 11.3 Å². The topological polar surface area (TPSA) is 120 Å². The lowest BCUT2D eigenvalue weighted by molar-refractivity contribution is -0.137. The van der Waals surface area contributed by atoms with Crippen LogP contribution >= 0.6 is 0 Å². The fourth-order valence-corrected chi connectivity index (χ4v) is 6.55. The van der Waals surface area contributed by atoms with Gasteiger partial charge in [0.05, 0.1) is 22.6 Å². The molecule has 0 radical (unpaired) electrons. The number of nitrogens with one attached hydrogen (secondary N) is 3. The number of piperidine rings is 1. The Bertz CT molecular complexity index is 1890. The van der Waals surface area contributed by atoms with E-state index < -0.39 is 23.6 Å².